The van der Waals surface area contributed by atoms with Gasteiger partial charge in [0.1, 0.15) is 0 Å². The smallest absolute Gasteiger partial charge is 0.0130 e. The summed E-state index contributed by atoms with van der Waals surface area (Å²) in [6.07, 6.45) is 0. The molecule has 0 aromatic heterocycles. The molecule has 0 fully saturated rings. The zero-order valence-electron chi connectivity index (χ0n) is 6.26. The van der Waals surface area contributed by atoms with Gasteiger partial charge in [0, 0.05) is 3.57 Å². The van der Waals surface area contributed by atoms with Crippen molar-refractivity contribution in [3.05, 3.63) is 33.9 Å². The average molecular weight is 249 g/mol. The summed E-state index contributed by atoms with van der Waals surface area (Å²) in [6.45, 7) is 0. The van der Waals surface area contributed by atoms with Crippen molar-refractivity contribution in [1.29, 1.82) is 0 Å². The lowest BCUT2D eigenvalue weighted by molar-refractivity contribution is 1.02. The highest BCUT2D eigenvalue weighted by molar-refractivity contribution is 14.1. The Morgan fingerprint density at radius 1 is 1.10 bits per heavy atom. The zero-order chi connectivity index (χ0) is 7.82. The quantitative estimate of drug-likeness (QED) is 0.694. The fourth-order valence-electron chi connectivity index (χ4n) is 0.415. The van der Waals surface area contributed by atoms with Gasteiger partial charge in [0.05, 0.1) is 0 Å². The molecule has 0 amide bonds. The molecule has 0 atom stereocenters. The maximum atomic E-state index is 2.75. The normalized spacial score (nSPS) is 7.90. The van der Waals surface area contributed by atoms with Gasteiger partial charge in [-0.3, -0.25) is 0 Å². The first-order valence-electron chi connectivity index (χ1n) is 3.10. The van der Waals surface area contributed by atoms with Gasteiger partial charge in [0.25, 0.3) is 0 Å². The van der Waals surface area contributed by atoms with E-state index in [0.717, 1.165) is 0 Å². The lowest BCUT2D eigenvalue weighted by Gasteiger charge is -1.80. The van der Waals surface area contributed by atoms with Gasteiger partial charge >= 0.3 is 0 Å². The van der Waals surface area contributed by atoms with Crippen molar-refractivity contribution in [3.8, 4) is 0 Å². The number of rotatable bonds is 0. The molecule has 0 bridgehead atoms. The largest absolute Gasteiger partial charge is 0.323 e. The summed E-state index contributed by atoms with van der Waals surface area (Å²) in [4.78, 5) is 0. The van der Waals surface area contributed by atoms with E-state index in [2.05, 4.69) is 40.0 Å². The molecule has 0 aliphatic rings. The molecule has 0 aliphatic heterocycles. The molecule has 1 aromatic rings. The van der Waals surface area contributed by atoms with Crippen LogP contribution in [-0.4, -0.2) is 14.1 Å². The van der Waals surface area contributed by atoms with Crippen LogP contribution in [0.4, 0.5) is 0 Å². The highest BCUT2D eigenvalue weighted by atomic mass is 127. The van der Waals surface area contributed by atoms with Crippen LogP contribution in [0.5, 0.6) is 0 Å². The minimum absolute atomic E-state index is 1.29. The van der Waals surface area contributed by atoms with Gasteiger partial charge in [-0.05, 0) is 48.8 Å². The first-order valence-corrected chi connectivity index (χ1v) is 4.18. The van der Waals surface area contributed by atoms with Crippen LogP contribution in [0.3, 0.4) is 0 Å². The van der Waals surface area contributed by atoms with Crippen LogP contribution >= 0.6 is 22.6 Å². The molecular weight excluding hydrogens is 237 g/mol. The zero-order valence-corrected chi connectivity index (χ0v) is 8.42. The fraction of sp³-hybridized carbons (Fsp3) is 0.250. The molecule has 1 nitrogen and oxygen atoms in total. The van der Waals surface area contributed by atoms with Crippen molar-refractivity contribution in [2.45, 2.75) is 0 Å². The summed E-state index contributed by atoms with van der Waals surface area (Å²) in [5, 5.41) is 2.75. The Hall–Kier alpha value is -0.0900. The Morgan fingerprint density at radius 3 is 1.70 bits per heavy atom. The van der Waals surface area contributed by atoms with Crippen molar-refractivity contribution < 1.29 is 0 Å². The molecule has 10 heavy (non-hydrogen) atoms. The number of hydrogen-bond donors (Lipinski definition) is 1. The van der Waals surface area contributed by atoms with Crippen LogP contribution in [0.25, 0.3) is 0 Å². The summed E-state index contributed by atoms with van der Waals surface area (Å²) < 4.78 is 1.29. The van der Waals surface area contributed by atoms with Crippen LogP contribution in [0, 0.1) is 3.57 Å². The highest BCUT2D eigenvalue weighted by Crippen LogP contribution is 1.99. The van der Waals surface area contributed by atoms with Crippen LogP contribution in [0.1, 0.15) is 0 Å². The van der Waals surface area contributed by atoms with Crippen LogP contribution in [0.15, 0.2) is 30.3 Å². The molecule has 0 saturated heterocycles. The molecule has 0 saturated carbocycles. The van der Waals surface area contributed by atoms with E-state index in [1.807, 2.05) is 32.3 Å². The minimum atomic E-state index is 1.29. The molecular formula is C8H12IN. The van der Waals surface area contributed by atoms with Crippen molar-refractivity contribution in [2.24, 2.45) is 0 Å². The standard InChI is InChI=1S/C6H5I.C2H7N/c7-6-4-2-1-3-5-6;1-3-2/h1-5H;3H,1-2H3. The maximum Gasteiger partial charge on any atom is 0.0130 e. The maximum absolute atomic E-state index is 2.75. The van der Waals surface area contributed by atoms with Gasteiger partial charge in [-0.25, -0.2) is 0 Å². The molecule has 1 N–H and O–H groups in total. The van der Waals surface area contributed by atoms with Crippen LogP contribution in [-0.2, 0) is 0 Å². The van der Waals surface area contributed by atoms with Gasteiger partial charge in [0.2, 0.25) is 0 Å². The predicted molar refractivity (Wildman–Crippen MR) is 54.1 cm³/mol. The van der Waals surface area contributed by atoms with E-state index in [-0.39, 0.29) is 0 Å². The third-order valence-corrected chi connectivity index (χ3v) is 1.45. The Morgan fingerprint density at radius 2 is 1.50 bits per heavy atom. The molecule has 2 heteroatoms. The summed E-state index contributed by atoms with van der Waals surface area (Å²) in [5.41, 5.74) is 0. The summed E-state index contributed by atoms with van der Waals surface area (Å²) >= 11 is 2.28. The van der Waals surface area contributed by atoms with Crippen LogP contribution < -0.4 is 5.32 Å². The number of halogens is 1. The monoisotopic (exact) mass is 249 g/mol. The van der Waals surface area contributed by atoms with Crippen molar-refractivity contribution in [1.82, 2.24) is 5.32 Å². The second-order valence-corrected chi connectivity index (χ2v) is 3.04. The van der Waals surface area contributed by atoms with E-state index in [4.69, 9.17) is 0 Å². The number of hydrogen-bond acceptors (Lipinski definition) is 1. The van der Waals surface area contributed by atoms with Gasteiger partial charge < -0.3 is 5.32 Å². The Bertz CT molecular complexity index is 151. The van der Waals surface area contributed by atoms with E-state index in [0.29, 0.717) is 0 Å². The topological polar surface area (TPSA) is 12.0 Å². The number of nitrogens with one attached hydrogen (secondary N) is 1. The van der Waals surface area contributed by atoms with Gasteiger partial charge in [0.15, 0.2) is 0 Å². The third kappa shape index (κ3) is 6.04. The first kappa shape index (κ1) is 9.91. The second kappa shape index (κ2) is 7.02. The molecule has 1 rings (SSSR count). The van der Waals surface area contributed by atoms with Crippen LogP contribution in [0.2, 0.25) is 0 Å². The summed E-state index contributed by atoms with van der Waals surface area (Å²) in [7, 11) is 3.75. The summed E-state index contributed by atoms with van der Waals surface area (Å²) in [5.74, 6) is 0. The Balaban J connectivity index is 0.000000236. The highest BCUT2D eigenvalue weighted by Gasteiger charge is 1.74. The molecule has 0 radical (unpaired) electrons. The SMILES string of the molecule is CNC.Ic1ccccc1. The van der Waals surface area contributed by atoms with Crippen molar-refractivity contribution >= 4 is 22.6 Å². The van der Waals surface area contributed by atoms with Gasteiger partial charge in [-0.1, -0.05) is 18.2 Å². The second-order valence-electron chi connectivity index (χ2n) is 1.80. The lowest BCUT2D eigenvalue weighted by atomic mass is 10.4. The fourth-order valence-corrected chi connectivity index (χ4v) is 0.830. The minimum Gasteiger partial charge on any atom is -0.323 e. The molecule has 0 heterocycles. The molecule has 0 unspecified atom stereocenters. The first-order chi connectivity index (χ1) is 4.81. The average Bonchev–Trinajstić information content (AvgIpc) is 1.91. The molecule has 1 aromatic carbocycles. The van der Waals surface area contributed by atoms with Gasteiger partial charge in [-0.15, -0.1) is 0 Å². The molecule has 56 valence electrons. The van der Waals surface area contributed by atoms with E-state index in [9.17, 15) is 0 Å². The molecule has 0 spiro atoms. The Kier molecular flexibility index (Phi) is 6.96. The van der Waals surface area contributed by atoms with E-state index in [1.165, 1.54) is 3.57 Å². The van der Waals surface area contributed by atoms with Gasteiger partial charge in [-0.2, -0.15) is 0 Å². The number of benzene rings is 1. The van der Waals surface area contributed by atoms with E-state index < -0.39 is 0 Å². The van der Waals surface area contributed by atoms with E-state index >= 15 is 0 Å². The lowest BCUT2D eigenvalue weighted by Crippen LogP contribution is -1.89. The molecule has 0 aliphatic carbocycles. The third-order valence-electron chi connectivity index (χ3n) is 0.733. The van der Waals surface area contributed by atoms with E-state index in [1.54, 1.807) is 0 Å². The van der Waals surface area contributed by atoms with Crippen molar-refractivity contribution in [2.75, 3.05) is 14.1 Å². The Labute approximate surface area is 76.0 Å². The van der Waals surface area contributed by atoms with Crippen molar-refractivity contribution in [3.63, 3.8) is 0 Å². The predicted octanol–water partition coefficient (Wildman–Crippen LogP) is 2.13. The summed E-state index contributed by atoms with van der Waals surface area (Å²) in [6, 6.07) is 10.2.